The number of hydrogen-bond donors (Lipinski definition) is 1. The molecule has 1 atom stereocenters. The summed E-state index contributed by atoms with van der Waals surface area (Å²) in [5.41, 5.74) is 8.45. The van der Waals surface area contributed by atoms with Crippen molar-refractivity contribution in [1.29, 1.82) is 0 Å². The van der Waals surface area contributed by atoms with Crippen molar-refractivity contribution in [2.45, 2.75) is 25.3 Å². The number of nitrogen functional groups attached to an aromatic ring is 1. The second kappa shape index (κ2) is 7.72. The van der Waals surface area contributed by atoms with Crippen LogP contribution in [-0.4, -0.2) is 32.3 Å². The average Bonchev–Trinajstić information content (AvgIpc) is 2.74. The first kappa shape index (κ1) is 18.0. The molecule has 2 N–H and O–H groups in total. The van der Waals surface area contributed by atoms with Crippen molar-refractivity contribution in [3.05, 3.63) is 72.1 Å². The van der Waals surface area contributed by atoms with Crippen LogP contribution < -0.4 is 5.73 Å². The molecule has 4 rings (SSSR count). The highest BCUT2D eigenvalue weighted by Gasteiger charge is 2.32. The van der Waals surface area contributed by atoms with Gasteiger partial charge in [0.05, 0.1) is 11.7 Å². The van der Waals surface area contributed by atoms with E-state index in [1.54, 1.807) is 42.9 Å². The maximum absolute atomic E-state index is 13.8. The predicted molar refractivity (Wildman–Crippen MR) is 104 cm³/mol. The van der Waals surface area contributed by atoms with Crippen molar-refractivity contribution in [2.75, 3.05) is 12.3 Å². The highest BCUT2D eigenvalue weighted by molar-refractivity contribution is 5.94. The van der Waals surface area contributed by atoms with Crippen LogP contribution in [0.4, 0.5) is 10.3 Å². The van der Waals surface area contributed by atoms with Crippen LogP contribution in [0.1, 0.15) is 41.4 Å². The van der Waals surface area contributed by atoms with Gasteiger partial charge in [-0.15, -0.1) is 0 Å². The molecule has 6 nitrogen and oxygen atoms in total. The third kappa shape index (κ3) is 3.55. The van der Waals surface area contributed by atoms with Crippen molar-refractivity contribution in [2.24, 2.45) is 0 Å². The van der Waals surface area contributed by atoms with E-state index >= 15 is 0 Å². The van der Waals surface area contributed by atoms with E-state index in [4.69, 9.17) is 5.73 Å². The Labute approximate surface area is 162 Å². The number of halogens is 1. The van der Waals surface area contributed by atoms with Gasteiger partial charge in [-0.25, -0.2) is 14.4 Å². The number of carbonyl (C=O) groups is 1. The molecule has 0 radical (unpaired) electrons. The van der Waals surface area contributed by atoms with E-state index in [1.165, 1.54) is 12.1 Å². The second-order valence-electron chi connectivity index (χ2n) is 6.78. The summed E-state index contributed by atoms with van der Waals surface area (Å²) in [6.45, 7) is 0.623. The molecule has 2 aromatic heterocycles. The van der Waals surface area contributed by atoms with Gasteiger partial charge < -0.3 is 10.6 Å². The van der Waals surface area contributed by atoms with E-state index in [9.17, 15) is 9.18 Å². The van der Waals surface area contributed by atoms with E-state index in [2.05, 4.69) is 15.0 Å². The van der Waals surface area contributed by atoms with Crippen molar-refractivity contribution in [3.63, 3.8) is 0 Å². The molecule has 0 spiro atoms. The van der Waals surface area contributed by atoms with E-state index in [1.807, 2.05) is 4.90 Å². The maximum Gasteiger partial charge on any atom is 0.254 e. The summed E-state index contributed by atoms with van der Waals surface area (Å²) in [5, 5.41) is 0. The number of carbonyl (C=O) groups excluding carboxylic acids is 1. The third-order valence-corrected chi connectivity index (χ3v) is 4.98. The van der Waals surface area contributed by atoms with Crippen LogP contribution in [0.15, 0.2) is 55.0 Å². The molecule has 1 saturated heterocycles. The van der Waals surface area contributed by atoms with E-state index < -0.39 is 0 Å². The Bertz CT molecular complexity index is 995. The minimum absolute atomic E-state index is 0.0746. The van der Waals surface area contributed by atoms with Crippen molar-refractivity contribution < 1.29 is 9.18 Å². The number of aromatic nitrogens is 3. The molecule has 1 amide bonds. The normalized spacial score (nSPS) is 16.8. The molecule has 1 aliphatic rings. The number of nitrogens with zero attached hydrogens (tertiary/aromatic N) is 4. The zero-order chi connectivity index (χ0) is 19.5. The smallest absolute Gasteiger partial charge is 0.254 e. The van der Waals surface area contributed by atoms with Crippen LogP contribution in [0, 0.1) is 5.82 Å². The van der Waals surface area contributed by atoms with Gasteiger partial charge in [-0.05, 0) is 49.1 Å². The van der Waals surface area contributed by atoms with Gasteiger partial charge in [-0.2, -0.15) is 0 Å². The molecule has 0 aliphatic carbocycles. The molecular weight excluding hydrogens is 357 g/mol. The highest BCUT2D eigenvalue weighted by Crippen LogP contribution is 2.36. The zero-order valence-electron chi connectivity index (χ0n) is 15.3. The third-order valence-electron chi connectivity index (χ3n) is 4.98. The SMILES string of the molecule is Nc1ncc(-c2cccc(F)c2)c([C@@H]2CCCCN2C(=O)c2ccncc2)n1. The van der Waals surface area contributed by atoms with Gasteiger partial charge in [0.1, 0.15) is 5.82 Å². The number of pyridine rings is 1. The van der Waals surface area contributed by atoms with Crippen LogP contribution in [0.25, 0.3) is 11.1 Å². The summed E-state index contributed by atoms with van der Waals surface area (Å²) in [6, 6.07) is 9.44. The number of likely N-dealkylation sites (tertiary alicyclic amines) is 1. The highest BCUT2D eigenvalue weighted by atomic mass is 19.1. The van der Waals surface area contributed by atoms with Crippen molar-refractivity contribution in [1.82, 2.24) is 19.9 Å². The Hall–Kier alpha value is -3.35. The minimum atomic E-state index is -0.339. The Morgan fingerprint density at radius 2 is 2.00 bits per heavy atom. The maximum atomic E-state index is 13.8. The number of benzene rings is 1. The number of rotatable bonds is 3. The lowest BCUT2D eigenvalue weighted by Crippen LogP contribution is -2.39. The molecule has 28 heavy (non-hydrogen) atoms. The first-order valence-electron chi connectivity index (χ1n) is 9.23. The van der Waals surface area contributed by atoms with Gasteiger partial charge in [0.2, 0.25) is 5.95 Å². The molecule has 0 unspecified atom stereocenters. The molecule has 142 valence electrons. The summed E-state index contributed by atoms with van der Waals surface area (Å²) in [7, 11) is 0. The fraction of sp³-hybridized carbons (Fsp3) is 0.238. The van der Waals surface area contributed by atoms with E-state index in [-0.39, 0.29) is 23.7 Å². The van der Waals surface area contributed by atoms with Gasteiger partial charge >= 0.3 is 0 Å². The number of amides is 1. The molecular formula is C21H20FN5O. The van der Waals surface area contributed by atoms with Crippen LogP contribution in [0.5, 0.6) is 0 Å². The molecule has 1 fully saturated rings. The number of anilines is 1. The van der Waals surface area contributed by atoms with E-state index in [0.29, 0.717) is 28.9 Å². The summed E-state index contributed by atoms with van der Waals surface area (Å²) in [5.74, 6) is -0.278. The molecule has 3 aromatic rings. The second-order valence-corrected chi connectivity index (χ2v) is 6.78. The van der Waals surface area contributed by atoms with Crippen molar-refractivity contribution >= 4 is 11.9 Å². The Morgan fingerprint density at radius 3 is 2.79 bits per heavy atom. The largest absolute Gasteiger partial charge is 0.368 e. The van der Waals surface area contributed by atoms with E-state index in [0.717, 1.165) is 19.3 Å². The van der Waals surface area contributed by atoms with Crippen LogP contribution >= 0.6 is 0 Å². The molecule has 0 bridgehead atoms. The number of nitrogens with two attached hydrogens (primary N) is 1. The first-order valence-corrected chi connectivity index (χ1v) is 9.23. The average molecular weight is 377 g/mol. The molecule has 1 aliphatic heterocycles. The lowest BCUT2D eigenvalue weighted by molar-refractivity contribution is 0.0606. The molecule has 3 heterocycles. The molecule has 0 saturated carbocycles. The van der Waals surface area contributed by atoms with Gasteiger partial charge in [0.15, 0.2) is 0 Å². The fourth-order valence-corrected chi connectivity index (χ4v) is 3.66. The Balaban J connectivity index is 1.78. The molecule has 7 heteroatoms. The molecule has 1 aromatic carbocycles. The quantitative estimate of drug-likeness (QED) is 0.753. The lowest BCUT2D eigenvalue weighted by atomic mass is 9.93. The Kier molecular flexibility index (Phi) is 4.97. The first-order chi connectivity index (χ1) is 13.6. The van der Waals surface area contributed by atoms with Crippen LogP contribution in [0.3, 0.4) is 0 Å². The fourth-order valence-electron chi connectivity index (χ4n) is 3.66. The summed E-state index contributed by atoms with van der Waals surface area (Å²) >= 11 is 0. The number of hydrogen-bond acceptors (Lipinski definition) is 5. The van der Waals surface area contributed by atoms with Gasteiger partial charge in [-0.3, -0.25) is 9.78 Å². The topological polar surface area (TPSA) is 85.0 Å². The van der Waals surface area contributed by atoms with Gasteiger partial charge in [0, 0.05) is 36.3 Å². The van der Waals surface area contributed by atoms with Crippen molar-refractivity contribution in [3.8, 4) is 11.1 Å². The number of piperidine rings is 1. The van der Waals surface area contributed by atoms with Crippen LogP contribution in [-0.2, 0) is 0 Å². The zero-order valence-corrected chi connectivity index (χ0v) is 15.3. The van der Waals surface area contributed by atoms with Crippen LogP contribution in [0.2, 0.25) is 0 Å². The minimum Gasteiger partial charge on any atom is -0.368 e. The Morgan fingerprint density at radius 1 is 1.18 bits per heavy atom. The van der Waals surface area contributed by atoms with Gasteiger partial charge in [0.25, 0.3) is 5.91 Å². The summed E-state index contributed by atoms with van der Waals surface area (Å²) in [4.78, 5) is 27.5. The lowest BCUT2D eigenvalue weighted by Gasteiger charge is -2.36. The standard InChI is InChI=1S/C21H20FN5O/c22-16-5-3-4-15(12-16)17-13-25-21(23)26-19(17)18-6-1-2-11-27(18)20(28)14-7-9-24-10-8-14/h3-5,7-10,12-13,18H,1-2,6,11H2,(H2,23,25,26)/t18-/m0/s1. The predicted octanol–water partition coefficient (Wildman–Crippen LogP) is 3.63. The summed E-state index contributed by atoms with van der Waals surface area (Å²) < 4.78 is 13.8. The monoisotopic (exact) mass is 377 g/mol. The van der Waals surface area contributed by atoms with Gasteiger partial charge in [-0.1, -0.05) is 12.1 Å². The summed E-state index contributed by atoms with van der Waals surface area (Å²) in [6.07, 6.45) is 7.46.